The summed E-state index contributed by atoms with van der Waals surface area (Å²) in [6.07, 6.45) is 21.8. The van der Waals surface area contributed by atoms with Crippen molar-refractivity contribution in [2.75, 3.05) is 0 Å². The summed E-state index contributed by atoms with van der Waals surface area (Å²) in [6, 6.07) is 15.0. The van der Waals surface area contributed by atoms with Crippen LogP contribution in [0.1, 0.15) is 115 Å². The standard InChI is InChI=1S/C28H43/c1-3-5-7-9-11-13-15-19-25-23-27-21-17-18-22-28(27)24-26(25)20-16-14-12-10-8-6-4-2/h17-18,21-23H,3-16,19-20H2,1-2H3. The average Bonchev–Trinajstić information content (AvgIpc) is 2.72. The van der Waals surface area contributed by atoms with Crippen LogP contribution in [0.5, 0.6) is 0 Å². The van der Waals surface area contributed by atoms with Crippen molar-refractivity contribution in [3.05, 3.63) is 47.5 Å². The van der Waals surface area contributed by atoms with E-state index in [-0.39, 0.29) is 0 Å². The Morgan fingerprint density at radius 1 is 0.607 bits per heavy atom. The Morgan fingerprint density at radius 3 is 1.79 bits per heavy atom. The first kappa shape index (κ1) is 23.0. The summed E-state index contributed by atoms with van der Waals surface area (Å²) >= 11 is 0. The van der Waals surface area contributed by atoms with Gasteiger partial charge in [0.1, 0.15) is 0 Å². The SMILES string of the molecule is CCCCCCCCCc1[c]c2ccccc2cc1CCCCCCCCC. The summed E-state index contributed by atoms with van der Waals surface area (Å²) in [6.45, 7) is 4.59. The largest absolute Gasteiger partial charge is 0.0654 e. The number of aryl methyl sites for hydroxylation is 2. The first-order valence-corrected chi connectivity index (χ1v) is 12.3. The molecule has 0 aliphatic rings. The van der Waals surface area contributed by atoms with Crippen LogP contribution in [0.4, 0.5) is 0 Å². The lowest BCUT2D eigenvalue weighted by Crippen LogP contribution is -1.97. The molecule has 0 heterocycles. The molecule has 2 rings (SSSR count). The van der Waals surface area contributed by atoms with E-state index in [4.69, 9.17) is 0 Å². The lowest BCUT2D eigenvalue weighted by atomic mass is 9.93. The molecule has 0 aromatic heterocycles. The van der Waals surface area contributed by atoms with E-state index in [1.54, 1.807) is 5.56 Å². The second kappa shape index (κ2) is 14.7. The third-order valence-corrected chi connectivity index (χ3v) is 6.04. The number of rotatable bonds is 16. The maximum absolute atomic E-state index is 3.78. The van der Waals surface area contributed by atoms with Gasteiger partial charge in [0.2, 0.25) is 0 Å². The van der Waals surface area contributed by atoms with E-state index in [1.165, 1.54) is 119 Å². The summed E-state index contributed by atoms with van der Waals surface area (Å²) in [5.41, 5.74) is 3.07. The normalized spacial score (nSPS) is 11.4. The molecule has 0 fully saturated rings. The molecular weight excluding hydrogens is 336 g/mol. The number of hydrogen-bond donors (Lipinski definition) is 0. The van der Waals surface area contributed by atoms with Gasteiger partial charge in [-0.3, -0.25) is 0 Å². The molecule has 0 unspecified atom stereocenters. The molecule has 2 aromatic carbocycles. The molecule has 0 amide bonds. The third-order valence-electron chi connectivity index (χ3n) is 6.04. The summed E-state index contributed by atoms with van der Waals surface area (Å²) in [5.74, 6) is 0. The highest BCUT2D eigenvalue weighted by molar-refractivity contribution is 5.83. The molecule has 0 spiro atoms. The number of fused-ring (bicyclic) bond motifs is 1. The van der Waals surface area contributed by atoms with Crippen molar-refractivity contribution >= 4 is 10.8 Å². The van der Waals surface area contributed by atoms with Gasteiger partial charge in [0.25, 0.3) is 0 Å². The number of benzene rings is 2. The van der Waals surface area contributed by atoms with Crippen molar-refractivity contribution in [1.82, 2.24) is 0 Å². The minimum atomic E-state index is 1.21. The van der Waals surface area contributed by atoms with Gasteiger partial charge in [-0.15, -0.1) is 0 Å². The molecule has 0 bridgehead atoms. The van der Waals surface area contributed by atoms with E-state index in [9.17, 15) is 0 Å². The quantitative estimate of drug-likeness (QED) is 0.255. The summed E-state index contributed by atoms with van der Waals surface area (Å²) in [7, 11) is 0. The molecule has 2 aromatic rings. The van der Waals surface area contributed by atoms with Crippen LogP contribution in [0.2, 0.25) is 0 Å². The Balaban J connectivity index is 1.84. The maximum atomic E-state index is 3.78. The van der Waals surface area contributed by atoms with E-state index in [0.717, 1.165) is 0 Å². The fourth-order valence-corrected chi connectivity index (χ4v) is 4.23. The van der Waals surface area contributed by atoms with E-state index < -0.39 is 0 Å². The zero-order valence-corrected chi connectivity index (χ0v) is 18.7. The van der Waals surface area contributed by atoms with Gasteiger partial charge in [0, 0.05) is 0 Å². The second-order valence-electron chi connectivity index (χ2n) is 8.60. The smallest absolute Gasteiger partial charge is 0.00614 e. The Labute approximate surface area is 175 Å². The molecule has 0 N–H and O–H groups in total. The minimum Gasteiger partial charge on any atom is -0.0654 e. The van der Waals surface area contributed by atoms with Crippen molar-refractivity contribution < 1.29 is 0 Å². The number of unbranched alkanes of at least 4 members (excludes halogenated alkanes) is 12. The van der Waals surface area contributed by atoms with Crippen molar-refractivity contribution in [2.45, 2.75) is 117 Å². The lowest BCUT2D eigenvalue weighted by Gasteiger charge is -2.12. The molecule has 0 aliphatic carbocycles. The minimum absolute atomic E-state index is 1.21. The third kappa shape index (κ3) is 8.80. The van der Waals surface area contributed by atoms with Gasteiger partial charge in [-0.1, -0.05) is 121 Å². The van der Waals surface area contributed by atoms with Gasteiger partial charge in [-0.2, -0.15) is 0 Å². The van der Waals surface area contributed by atoms with E-state index in [0.29, 0.717) is 0 Å². The summed E-state index contributed by atoms with van der Waals surface area (Å²) in [5, 5.41) is 2.66. The van der Waals surface area contributed by atoms with Crippen molar-refractivity contribution in [3.63, 3.8) is 0 Å². The molecule has 28 heavy (non-hydrogen) atoms. The monoisotopic (exact) mass is 379 g/mol. The Bertz CT molecular complexity index is 583. The van der Waals surface area contributed by atoms with E-state index >= 15 is 0 Å². The first-order valence-electron chi connectivity index (χ1n) is 12.3. The predicted molar refractivity (Wildman–Crippen MR) is 126 cm³/mol. The van der Waals surface area contributed by atoms with Crippen LogP contribution < -0.4 is 0 Å². The topological polar surface area (TPSA) is 0 Å². The van der Waals surface area contributed by atoms with Crippen LogP contribution >= 0.6 is 0 Å². The van der Waals surface area contributed by atoms with Crippen LogP contribution in [0, 0.1) is 6.07 Å². The van der Waals surface area contributed by atoms with E-state index in [1.807, 2.05) is 0 Å². The second-order valence-corrected chi connectivity index (χ2v) is 8.60. The molecular formula is C28H43. The average molecular weight is 380 g/mol. The Morgan fingerprint density at radius 2 is 1.14 bits per heavy atom. The predicted octanol–water partition coefficient (Wildman–Crippen LogP) is 9.23. The van der Waals surface area contributed by atoms with Crippen LogP contribution in [0.3, 0.4) is 0 Å². The molecule has 0 aliphatic heterocycles. The summed E-state index contributed by atoms with van der Waals surface area (Å²) < 4.78 is 0. The van der Waals surface area contributed by atoms with Gasteiger partial charge >= 0.3 is 0 Å². The van der Waals surface area contributed by atoms with Gasteiger partial charge in [0.15, 0.2) is 0 Å². The van der Waals surface area contributed by atoms with Crippen LogP contribution in [-0.2, 0) is 12.8 Å². The van der Waals surface area contributed by atoms with Crippen molar-refractivity contribution in [1.29, 1.82) is 0 Å². The van der Waals surface area contributed by atoms with Crippen LogP contribution in [0.25, 0.3) is 10.8 Å². The lowest BCUT2D eigenvalue weighted by molar-refractivity contribution is 0.583. The van der Waals surface area contributed by atoms with Crippen molar-refractivity contribution in [3.8, 4) is 0 Å². The van der Waals surface area contributed by atoms with Gasteiger partial charge in [-0.05, 0) is 53.6 Å². The molecule has 1 radical (unpaired) electrons. The molecule has 155 valence electrons. The highest BCUT2D eigenvalue weighted by atomic mass is 14.1. The van der Waals surface area contributed by atoms with Crippen molar-refractivity contribution in [2.24, 2.45) is 0 Å². The van der Waals surface area contributed by atoms with Gasteiger partial charge < -0.3 is 0 Å². The van der Waals surface area contributed by atoms with E-state index in [2.05, 4.69) is 50.2 Å². The maximum Gasteiger partial charge on any atom is -0.00614 e. The zero-order valence-electron chi connectivity index (χ0n) is 18.7. The molecule has 0 saturated heterocycles. The fourth-order valence-electron chi connectivity index (χ4n) is 4.23. The van der Waals surface area contributed by atoms with Crippen LogP contribution in [0.15, 0.2) is 30.3 Å². The highest BCUT2D eigenvalue weighted by Crippen LogP contribution is 2.23. The summed E-state index contributed by atoms with van der Waals surface area (Å²) in [4.78, 5) is 0. The molecule has 0 nitrogen and oxygen atoms in total. The first-order chi connectivity index (χ1) is 13.8. The molecule has 0 heteroatoms. The van der Waals surface area contributed by atoms with Gasteiger partial charge in [0.05, 0.1) is 0 Å². The Hall–Kier alpha value is -1.30. The fraction of sp³-hybridized carbons (Fsp3) is 0.643. The molecule has 0 saturated carbocycles. The van der Waals surface area contributed by atoms with Gasteiger partial charge in [-0.25, -0.2) is 0 Å². The Kier molecular flexibility index (Phi) is 12.0. The molecule has 0 atom stereocenters. The number of hydrogen-bond acceptors (Lipinski definition) is 0. The highest BCUT2D eigenvalue weighted by Gasteiger charge is 2.06. The van der Waals surface area contributed by atoms with Crippen LogP contribution in [-0.4, -0.2) is 0 Å². The zero-order chi connectivity index (χ0) is 19.9.